The molecule has 0 aliphatic heterocycles. The van der Waals surface area contributed by atoms with Crippen LogP contribution >= 0.6 is 0 Å². The van der Waals surface area contributed by atoms with Gasteiger partial charge in [-0.25, -0.2) is 0 Å². The summed E-state index contributed by atoms with van der Waals surface area (Å²) in [5.41, 5.74) is -0.282. The van der Waals surface area contributed by atoms with Gasteiger partial charge in [0.05, 0.1) is 71.0 Å². The van der Waals surface area contributed by atoms with Gasteiger partial charge in [-0.05, 0) is 213 Å². The van der Waals surface area contributed by atoms with Crippen molar-refractivity contribution in [3.8, 4) is 0 Å². The van der Waals surface area contributed by atoms with Gasteiger partial charge in [-0.1, -0.05) is 5.11 Å². The van der Waals surface area contributed by atoms with Gasteiger partial charge in [0.15, 0.2) is 6.04 Å². The van der Waals surface area contributed by atoms with E-state index in [1.165, 1.54) is 187 Å². The van der Waals surface area contributed by atoms with Crippen LogP contribution in [-0.2, 0) is 148 Å². The number of quaternary nitrogens is 1. The highest BCUT2D eigenvalue weighted by molar-refractivity contribution is 6.03. The van der Waals surface area contributed by atoms with Crippen LogP contribution in [-0.4, -0.2) is 261 Å². The predicted molar refractivity (Wildman–Crippen MR) is 457 cm³/mol. The number of carbonyl (C=O) groups is 20. The highest BCUT2D eigenvalue weighted by atomic mass is 16.6. The van der Waals surface area contributed by atoms with Crippen molar-refractivity contribution < 1.29 is 154 Å². The molecule has 0 aromatic heterocycles. The molecular weight excluding hydrogens is 1700 g/mol. The van der Waals surface area contributed by atoms with Crippen LogP contribution < -0.4 is 58.9 Å². The third kappa shape index (κ3) is 57.2. The maximum Gasteiger partial charge on any atom is 0.312 e. The van der Waals surface area contributed by atoms with E-state index in [0.717, 1.165) is 0 Å². The van der Waals surface area contributed by atoms with Crippen molar-refractivity contribution >= 4 is 119 Å². The average molecular weight is 1840 g/mol. The molecule has 0 unspecified atom stereocenters. The minimum atomic E-state index is -2.36. The molecule has 0 aromatic rings. The molecule has 0 radical (unpaired) electrons. The smallest absolute Gasteiger partial charge is 0.312 e. The molecule has 129 heavy (non-hydrogen) atoms. The molecule has 45 nitrogen and oxygen atoms in total. The lowest BCUT2D eigenvalue weighted by molar-refractivity contribution is -0.403. The lowest BCUT2D eigenvalue weighted by atomic mass is 10.1. The van der Waals surface area contributed by atoms with Crippen molar-refractivity contribution in [2.45, 2.75) is 388 Å². The Hall–Kier alpha value is -11.4. The summed E-state index contributed by atoms with van der Waals surface area (Å²) in [4.78, 5) is 287. The van der Waals surface area contributed by atoms with Gasteiger partial charge < -0.3 is 111 Å². The first kappa shape index (κ1) is 118. The zero-order valence-electron chi connectivity index (χ0n) is 80.4. The van der Waals surface area contributed by atoms with Gasteiger partial charge in [-0.2, -0.15) is 0 Å². The molecule has 10 amide bonds. The Bertz CT molecular complexity index is 4010. The lowest BCUT2D eigenvalue weighted by Crippen LogP contribution is -2.70. The first-order valence-corrected chi connectivity index (χ1v) is 41.8. The highest BCUT2D eigenvalue weighted by Crippen LogP contribution is 2.21. The molecule has 0 aliphatic rings. The normalized spacial score (nSPS) is 14.5. The summed E-state index contributed by atoms with van der Waals surface area (Å²) in [6.45, 7) is 43.1. The van der Waals surface area contributed by atoms with E-state index < -0.39 is 299 Å². The number of amides is 10. The van der Waals surface area contributed by atoms with Crippen LogP contribution in [0.4, 0.5) is 0 Å². The molecule has 10 atom stereocenters. The minimum Gasteiger partial charge on any atom is -0.460 e. The van der Waals surface area contributed by atoms with E-state index in [2.05, 4.69) is 68.9 Å². The fourth-order valence-corrected chi connectivity index (χ4v) is 10.6. The molecule has 0 bridgehead atoms. The van der Waals surface area contributed by atoms with Crippen molar-refractivity contribution in [1.29, 1.82) is 0 Å². The maximum atomic E-state index is 15.3. The zero-order chi connectivity index (χ0) is 100. The number of hydrogen-bond donors (Lipinski definition) is 11. The molecular formula is C84H141N14O31+. The Morgan fingerprint density at radius 1 is 0.240 bits per heavy atom. The summed E-state index contributed by atoms with van der Waals surface area (Å²) in [6.07, 6.45) is -10.7. The zero-order valence-corrected chi connectivity index (χ0v) is 80.4. The number of carbonyl (C=O) groups excluding carboxylic acids is 20. The van der Waals surface area contributed by atoms with Crippen molar-refractivity contribution in [3.63, 3.8) is 0 Å². The van der Waals surface area contributed by atoms with E-state index in [-0.39, 0.29) is 26.3 Å². The Balaban J connectivity index is 8.84. The molecule has 0 saturated carbocycles. The molecule has 0 aliphatic carbocycles. The second-order valence-electron chi connectivity index (χ2n) is 40.0. The summed E-state index contributed by atoms with van der Waals surface area (Å²) < 4.78 is 60.1. The van der Waals surface area contributed by atoms with Gasteiger partial charge in [0.25, 0.3) is 5.91 Å². The quantitative estimate of drug-likeness (QED) is 0.0103. The largest absolute Gasteiger partial charge is 0.460 e. The molecule has 0 fully saturated rings. The number of nitrogens with one attached hydrogen (secondary N) is 10. The second kappa shape index (κ2) is 50.6. The first-order valence-electron chi connectivity index (χ1n) is 41.8. The second-order valence-corrected chi connectivity index (χ2v) is 40.0. The summed E-state index contributed by atoms with van der Waals surface area (Å²) >= 11 is 0. The van der Waals surface area contributed by atoms with Crippen LogP contribution in [0.2, 0.25) is 0 Å². The van der Waals surface area contributed by atoms with E-state index in [9.17, 15) is 71.9 Å². The SMILES string of the molecule is CC(C)(C)OC(=O)C[C@H](NC(=O)[C@H](CC(=O)OC(C)(C)C)NC(=O)[C@H](CC(=O)OC(C)(C)C)NC(=O)[C@H](CC(=O)OC(C)(C)C)NC(=O)[C@H](CC(=O)OC(C)(C)C)NC(=O)[C@H](CC(=O)OC(C)(C)C)NC(=O)[C@H](CC(=O)OC(C)(C)C)NC(=O)[C@H](CC(=O)OC(C)(C)C)NC(=O)[C@H](CC(=O)OC(C)(C)C)NC(=O)[C@@H]([NH3+])CC(=O)OC(C)(C)C)C(=O)NCCOCCN=[N+]=[N-]. The number of nitrogens with zero attached hydrogens (tertiary/aromatic N) is 3. The molecule has 0 spiro atoms. The summed E-state index contributed by atoms with van der Waals surface area (Å²) in [5.74, 6) is -25.8. The summed E-state index contributed by atoms with van der Waals surface area (Å²) in [5, 5.41) is 26.1. The van der Waals surface area contributed by atoms with Crippen molar-refractivity contribution in [2.24, 2.45) is 5.11 Å². The summed E-state index contributed by atoms with van der Waals surface area (Å²) in [6, 6.07) is -21.3. The Morgan fingerprint density at radius 3 is 0.543 bits per heavy atom. The van der Waals surface area contributed by atoms with Crippen LogP contribution in [0.25, 0.3) is 10.4 Å². The molecule has 0 rings (SSSR count). The van der Waals surface area contributed by atoms with Crippen molar-refractivity contribution in [1.82, 2.24) is 53.2 Å². The van der Waals surface area contributed by atoms with Crippen molar-refractivity contribution in [3.05, 3.63) is 10.4 Å². The van der Waals surface area contributed by atoms with Crippen LogP contribution in [0.15, 0.2) is 5.11 Å². The number of esters is 10. The van der Waals surface area contributed by atoms with Crippen molar-refractivity contribution in [2.75, 3.05) is 26.3 Å². The van der Waals surface area contributed by atoms with Gasteiger partial charge in [-0.15, -0.1) is 0 Å². The van der Waals surface area contributed by atoms with Gasteiger partial charge >= 0.3 is 59.7 Å². The minimum absolute atomic E-state index is 0.0588. The maximum absolute atomic E-state index is 15.3. The van der Waals surface area contributed by atoms with Gasteiger partial charge in [0, 0.05) is 18.0 Å². The number of azide groups is 1. The van der Waals surface area contributed by atoms with Gasteiger partial charge in [0.1, 0.15) is 117 Å². The van der Waals surface area contributed by atoms with Gasteiger partial charge in [0.2, 0.25) is 53.2 Å². The van der Waals surface area contributed by atoms with E-state index in [1.54, 1.807) is 20.8 Å². The van der Waals surface area contributed by atoms with Crippen LogP contribution in [0.1, 0.15) is 272 Å². The molecule has 0 saturated heterocycles. The molecule has 0 aromatic carbocycles. The predicted octanol–water partition coefficient (Wildman–Crippen LogP) is 1.72. The fraction of sp³-hybridized carbons (Fsp3) is 0.762. The Labute approximate surface area is 752 Å². The van der Waals surface area contributed by atoms with E-state index >= 15 is 24.0 Å². The first-order chi connectivity index (χ1) is 58.2. The Morgan fingerprint density at radius 2 is 0.388 bits per heavy atom. The third-order valence-electron chi connectivity index (χ3n) is 15.0. The molecule has 13 N–H and O–H groups in total. The molecule has 45 heteroatoms. The molecule has 0 heterocycles. The van der Waals surface area contributed by atoms with E-state index in [4.69, 9.17) is 57.6 Å². The summed E-state index contributed by atoms with van der Waals surface area (Å²) in [7, 11) is 0. The highest BCUT2D eigenvalue weighted by Gasteiger charge is 2.43. The van der Waals surface area contributed by atoms with Crippen LogP contribution in [0.5, 0.6) is 0 Å². The number of hydrogen-bond acceptors (Lipinski definition) is 32. The standard InChI is InChI=1S/C84H140N14O31/c1-75(2,3)120-55(99)35-45(85)65(109)89-47(37-57(101)122-77(7,8)9)67(111)91-49(39-59(103)124-79(13,14)15)69(113)93-51(41-61(105)126-81(19,20)21)71(115)95-53(43-63(107)128-83(25,26)27)73(117)97-54(44-64(108)129-84(28,29)30)74(118)96-52(42-62(106)127-82(22,23)24)72(116)94-50(40-60(104)125-80(16,17)18)70(114)92-48(38-58(102)123-78(10,11)12)68(112)90-46(36-56(100)121-76(4,5)6)66(110)87-31-33-119-34-32-88-98-86/h45-54H,31-44,85H2,1-30H3,(H,87,110)(H,89,109)(H,90,112)(H,91,111)(H,92,114)(H,93,113)(H,94,116)(H,95,115)(H,96,118)(H,97,117)/p+1/t45-,46-,47-,48-,49-,50-,51-,52-,53-,54-/m0/s1. The topological polar surface area (TPSA) is 640 Å². The lowest BCUT2D eigenvalue weighted by Gasteiger charge is -2.29. The monoisotopic (exact) mass is 1840 g/mol. The number of rotatable bonds is 45. The average Bonchev–Trinajstić information content (AvgIpc) is 0.841. The molecule has 732 valence electrons. The number of ether oxygens (including phenoxy) is 11. The Kier molecular flexibility index (Phi) is 46.1. The van der Waals surface area contributed by atoms with Crippen LogP contribution in [0, 0.1) is 0 Å². The van der Waals surface area contributed by atoms with Crippen LogP contribution in [0.3, 0.4) is 0 Å². The fourth-order valence-electron chi connectivity index (χ4n) is 10.6. The third-order valence-corrected chi connectivity index (χ3v) is 15.0. The van der Waals surface area contributed by atoms with E-state index in [0.29, 0.717) is 0 Å². The van der Waals surface area contributed by atoms with E-state index in [1.807, 2.05) is 0 Å². The van der Waals surface area contributed by atoms with Gasteiger partial charge in [-0.3, -0.25) is 95.9 Å².